The van der Waals surface area contributed by atoms with Gasteiger partial charge >= 0.3 is 0 Å². The summed E-state index contributed by atoms with van der Waals surface area (Å²) in [6.07, 6.45) is 3.93. The van der Waals surface area contributed by atoms with Crippen molar-refractivity contribution in [2.45, 2.75) is 0 Å². The molecule has 0 aliphatic carbocycles. The molecule has 0 radical (unpaired) electrons. The molecule has 0 atom stereocenters. The van der Waals surface area contributed by atoms with Gasteiger partial charge in [-0.1, -0.05) is 28.1 Å². The lowest BCUT2D eigenvalue weighted by atomic mass is 10.0. The first kappa shape index (κ1) is 17.4. The summed E-state index contributed by atoms with van der Waals surface area (Å²) >= 11 is 10.1. The Labute approximate surface area is 144 Å². The van der Waals surface area contributed by atoms with E-state index in [1.165, 1.54) is 0 Å². The second kappa shape index (κ2) is 8.59. The Morgan fingerprint density at radius 1 is 1.05 bits per heavy atom. The van der Waals surface area contributed by atoms with E-state index in [1.54, 1.807) is 23.5 Å². The van der Waals surface area contributed by atoms with Gasteiger partial charge in [-0.05, 0) is 46.1 Å². The summed E-state index contributed by atoms with van der Waals surface area (Å²) in [5.41, 5.74) is 1.56. The lowest BCUT2D eigenvalue weighted by Crippen LogP contribution is -1.91. The molecule has 0 bridgehead atoms. The molecule has 6 heteroatoms. The van der Waals surface area contributed by atoms with Crippen molar-refractivity contribution in [2.24, 2.45) is 0 Å². The molecule has 0 saturated carbocycles. The van der Waals surface area contributed by atoms with E-state index in [1.807, 2.05) is 48.9 Å². The highest BCUT2D eigenvalue weighted by atomic mass is 79.9. The van der Waals surface area contributed by atoms with Crippen LogP contribution in [0.5, 0.6) is 0 Å². The number of hydrogen-bond acceptors (Lipinski definition) is 4. The van der Waals surface area contributed by atoms with E-state index in [2.05, 4.69) is 31.9 Å². The molecule has 0 fully saturated rings. The lowest BCUT2D eigenvalue weighted by Gasteiger charge is -2.11. The molecule has 1 aromatic carbocycles. The maximum Gasteiger partial charge on any atom is 0.138 e. The van der Waals surface area contributed by atoms with Crippen LogP contribution in [0.2, 0.25) is 0 Å². The van der Waals surface area contributed by atoms with Gasteiger partial charge in [0.05, 0.1) is 4.24 Å². The number of thioether (sulfide) groups is 2. The van der Waals surface area contributed by atoms with Gasteiger partial charge in [0.25, 0.3) is 0 Å². The van der Waals surface area contributed by atoms with Crippen molar-refractivity contribution >= 4 is 61.0 Å². The minimum Gasteiger partial charge on any atom is -0.192 e. The predicted molar refractivity (Wildman–Crippen MR) is 95.3 cm³/mol. The number of hydrogen-bond donors (Lipinski definition) is 0. The Morgan fingerprint density at radius 3 is 1.95 bits per heavy atom. The first-order valence-electron chi connectivity index (χ1n) is 5.37. The first-order chi connectivity index (χ1) is 9.58. The molecule has 0 heterocycles. The summed E-state index contributed by atoms with van der Waals surface area (Å²) < 4.78 is 2.75. The molecule has 0 aliphatic rings. The predicted octanol–water partition coefficient (Wildman–Crippen LogP) is 5.54. The molecule has 0 aliphatic heterocycles. The van der Waals surface area contributed by atoms with Gasteiger partial charge in [-0.2, -0.15) is 10.5 Å². The van der Waals surface area contributed by atoms with Crippen LogP contribution in [0.3, 0.4) is 0 Å². The van der Waals surface area contributed by atoms with Crippen LogP contribution in [-0.4, -0.2) is 12.5 Å². The van der Waals surface area contributed by atoms with E-state index in [-0.39, 0.29) is 5.57 Å². The van der Waals surface area contributed by atoms with Crippen molar-refractivity contribution in [1.29, 1.82) is 10.5 Å². The summed E-state index contributed by atoms with van der Waals surface area (Å²) in [5.74, 6) is 0. The van der Waals surface area contributed by atoms with Gasteiger partial charge < -0.3 is 0 Å². The van der Waals surface area contributed by atoms with Crippen molar-refractivity contribution in [3.63, 3.8) is 0 Å². The van der Waals surface area contributed by atoms with Gasteiger partial charge in [0.2, 0.25) is 0 Å². The van der Waals surface area contributed by atoms with Crippen LogP contribution in [0.15, 0.2) is 43.0 Å². The highest BCUT2D eigenvalue weighted by molar-refractivity contribution is 9.12. The SMILES string of the molecule is CSC(SC)=C(Br)C(=C(C#N)C#N)c1ccc(Br)cc1. The molecule has 0 amide bonds. The monoisotopic (exact) mass is 428 g/mol. The third-order valence-electron chi connectivity index (χ3n) is 2.38. The third kappa shape index (κ3) is 4.17. The summed E-state index contributed by atoms with van der Waals surface area (Å²) in [5, 5.41) is 18.4. The van der Waals surface area contributed by atoms with Crippen molar-refractivity contribution in [1.82, 2.24) is 0 Å². The third-order valence-corrected chi connectivity index (χ3v) is 6.37. The molecule has 0 saturated heterocycles. The number of allylic oxidation sites excluding steroid dienone is 3. The number of nitriles is 2. The Kier molecular flexibility index (Phi) is 7.47. The maximum absolute atomic E-state index is 9.19. The fourth-order valence-corrected chi connectivity index (χ4v) is 4.39. The molecule has 0 N–H and O–H groups in total. The zero-order valence-electron chi connectivity index (χ0n) is 10.8. The Hall–Kier alpha value is -0.660. The van der Waals surface area contributed by atoms with E-state index in [9.17, 15) is 10.5 Å². The second-order valence-corrected chi connectivity index (χ2v) is 7.09. The fraction of sp³-hybridized carbons (Fsp3) is 0.143. The Bertz CT molecular complexity index is 613. The zero-order valence-corrected chi connectivity index (χ0v) is 15.6. The fourth-order valence-electron chi connectivity index (χ4n) is 1.50. The van der Waals surface area contributed by atoms with Crippen LogP contribution < -0.4 is 0 Å². The molecule has 1 rings (SSSR count). The van der Waals surface area contributed by atoms with E-state index in [0.29, 0.717) is 5.57 Å². The van der Waals surface area contributed by atoms with Crippen LogP contribution in [-0.2, 0) is 0 Å². The van der Waals surface area contributed by atoms with Crippen LogP contribution in [0.4, 0.5) is 0 Å². The summed E-state index contributed by atoms with van der Waals surface area (Å²) in [4.78, 5) is 0. The van der Waals surface area contributed by atoms with Gasteiger partial charge in [-0.15, -0.1) is 23.5 Å². The molecular formula is C14H10Br2N2S2. The van der Waals surface area contributed by atoms with Crippen molar-refractivity contribution < 1.29 is 0 Å². The topological polar surface area (TPSA) is 47.6 Å². The average Bonchev–Trinajstić information content (AvgIpc) is 2.47. The number of nitrogens with zero attached hydrogens (tertiary/aromatic N) is 2. The number of halogens is 2. The van der Waals surface area contributed by atoms with Crippen molar-refractivity contribution in [3.05, 3.63) is 48.6 Å². The Balaban J connectivity index is 3.59. The number of rotatable bonds is 4. The quantitative estimate of drug-likeness (QED) is 0.465. The Morgan fingerprint density at radius 2 is 1.55 bits per heavy atom. The van der Waals surface area contributed by atoms with Crippen LogP contribution in [0.1, 0.15) is 5.56 Å². The summed E-state index contributed by atoms with van der Waals surface area (Å²) in [6, 6.07) is 11.5. The van der Waals surface area contributed by atoms with Crippen LogP contribution in [0.25, 0.3) is 5.57 Å². The van der Waals surface area contributed by atoms with Crippen LogP contribution >= 0.6 is 55.4 Å². The van der Waals surface area contributed by atoms with Crippen molar-refractivity contribution in [2.75, 3.05) is 12.5 Å². The molecule has 20 heavy (non-hydrogen) atoms. The highest BCUT2D eigenvalue weighted by Crippen LogP contribution is 2.40. The minimum absolute atomic E-state index is 0.0970. The number of benzene rings is 1. The molecule has 1 aromatic rings. The zero-order chi connectivity index (χ0) is 15.1. The second-order valence-electron chi connectivity index (χ2n) is 3.49. The van der Waals surface area contributed by atoms with Crippen molar-refractivity contribution in [3.8, 4) is 12.1 Å². The van der Waals surface area contributed by atoms with E-state index in [0.717, 1.165) is 18.8 Å². The van der Waals surface area contributed by atoms with Gasteiger partial charge in [0.15, 0.2) is 0 Å². The molecular weight excluding hydrogens is 420 g/mol. The molecule has 0 spiro atoms. The minimum atomic E-state index is 0.0970. The molecule has 2 nitrogen and oxygen atoms in total. The van der Waals surface area contributed by atoms with E-state index < -0.39 is 0 Å². The van der Waals surface area contributed by atoms with Gasteiger partial charge in [-0.25, -0.2) is 0 Å². The largest absolute Gasteiger partial charge is 0.192 e. The molecule has 0 unspecified atom stereocenters. The lowest BCUT2D eigenvalue weighted by molar-refractivity contribution is 1.45. The average molecular weight is 430 g/mol. The van der Waals surface area contributed by atoms with Gasteiger partial charge in [0, 0.05) is 14.5 Å². The van der Waals surface area contributed by atoms with Gasteiger partial charge in [0.1, 0.15) is 17.7 Å². The normalized spacial score (nSPS) is 9.30. The van der Waals surface area contributed by atoms with Crippen LogP contribution in [0, 0.1) is 22.7 Å². The van der Waals surface area contributed by atoms with E-state index in [4.69, 9.17) is 0 Å². The standard InChI is InChI=1S/C14H10Br2N2S2/c1-19-14(20-2)13(16)12(10(7-17)8-18)9-3-5-11(15)6-4-9/h3-6H,1-2H3. The summed E-state index contributed by atoms with van der Waals surface area (Å²) in [6.45, 7) is 0. The maximum atomic E-state index is 9.19. The first-order valence-corrected chi connectivity index (χ1v) is 9.41. The van der Waals surface area contributed by atoms with E-state index >= 15 is 0 Å². The molecule has 102 valence electrons. The highest BCUT2D eigenvalue weighted by Gasteiger charge is 2.16. The summed E-state index contributed by atoms with van der Waals surface area (Å²) in [7, 11) is 0. The van der Waals surface area contributed by atoms with Gasteiger partial charge in [-0.3, -0.25) is 0 Å². The molecule has 0 aromatic heterocycles. The smallest absolute Gasteiger partial charge is 0.138 e.